The van der Waals surface area contributed by atoms with E-state index in [0.29, 0.717) is 0 Å². The average Bonchev–Trinajstić information content (AvgIpc) is 3.00. The summed E-state index contributed by atoms with van der Waals surface area (Å²) in [6, 6.07) is 0. The molecule has 2 rings (SSSR count). The number of allylic oxidation sites excluding steroid dienone is 8. The average molecular weight is 484 g/mol. The molecule has 26 heavy (non-hydrogen) atoms. The van der Waals surface area contributed by atoms with Crippen molar-refractivity contribution in [3.05, 3.63) is 60.7 Å². The van der Waals surface area contributed by atoms with E-state index in [1.807, 2.05) is 26.8 Å². The second kappa shape index (κ2) is 16.8. The molecule has 2 aliphatic carbocycles. The molecule has 0 N–H and O–H groups in total. The van der Waals surface area contributed by atoms with E-state index in [4.69, 9.17) is 0 Å². The zero-order chi connectivity index (χ0) is 17.6. The van der Waals surface area contributed by atoms with Crippen LogP contribution in [0.25, 0.3) is 0 Å². The van der Waals surface area contributed by atoms with E-state index in [2.05, 4.69) is 77.4 Å². The van der Waals surface area contributed by atoms with E-state index in [1.54, 1.807) is 0 Å². The number of hydrogen-bond acceptors (Lipinski definition) is 0. The molecule has 0 bridgehead atoms. The Kier molecular flexibility index (Phi) is 24.3. The summed E-state index contributed by atoms with van der Waals surface area (Å²) in [6.45, 7) is 18.6. The quantitative estimate of drug-likeness (QED) is 0.302. The SMILES string of the molecule is CC1=CC([Si](C)(C)C)=[C-]C1.CC1=CC([Si](C)(C)C)=[C-]C1.Cl.Cl.[CH3-].[CH3-].[SiH2]=[Ti]. The van der Waals surface area contributed by atoms with E-state index >= 15 is 0 Å². The second-order valence-corrected chi connectivity index (χ2v) is 18.1. The molecule has 0 aromatic carbocycles. The van der Waals surface area contributed by atoms with Crippen LogP contribution < -0.4 is 0 Å². The van der Waals surface area contributed by atoms with Crippen molar-refractivity contribution in [1.82, 2.24) is 0 Å². The minimum atomic E-state index is -1.04. The third-order valence-electron chi connectivity index (χ3n) is 3.51. The summed E-state index contributed by atoms with van der Waals surface area (Å²) in [4.78, 5) is 0. The van der Waals surface area contributed by atoms with Gasteiger partial charge in [0.1, 0.15) is 0 Å². The molecule has 0 radical (unpaired) electrons. The molecule has 0 atom stereocenters. The first-order valence-electron chi connectivity index (χ1n) is 7.92. The number of halogens is 2. The first-order chi connectivity index (χ1) is 10.00. The maximum absolute atomic E-state index is 3.43. The first kappa shape index (κ1) is 37.6. The van der Waals surface area contributed by atoms with Crippen LogP contribution in [0, 0.1) is 27.0 Å². The molecule has 0 aliphatic heterocycles. The monoisotopic (exact) mass is 482 g/mol. The Hall–Kier alpha value is 0.905. The molecular weight excluding hydrogens is 443 g/mol. The van der Waals surface area contributed by atoms with Gasteiger partial charge in [-0.3, -0.25) is 12.2 Å². The fraction of sp³-hybridized carbons (Fsp3) is 0.500. The predicted molar refractivity (Wildman–Crippen MR) is 133 cm³/mol. The molecular formula is C20H40Cl2Si3Ti-4. The molecule has 0 saturated heterocycles. The summed E-state index contributed by atoms with van der Waals surface area (Å²) in [5.74, 6) is 0. The molecule has 0 fully saturated rings. The zero-order valence-electron chi connectivity index (χ0n) is 18.6. The first-order valence-corrected chi connectivity index (χ1v) is 18.9. The number of rotatable bonds is 2. The van der Waals surface area contributed by atoms with Crippen molar-refractivity contribution >= 4 is 48.6 Å². The van der Waals surface area contributed by atoms with Gasteiger partial charge in [-0.1, -0.05) is 53.1 Å². The molecule has 2 aliphatic rings. The van der Waals surface area contributed by atoms with Gasteiger partial charge in [0, 0.05) is 16.1 Å². The summed E-state index contributed by atoms with van der Waals surface area (Å²) in [7, 11) is -0.212. The van der Waals surface area contributed by atoms with Gasteiger partial charge in [-0.05, 0) is 0 Å². The van der Waals surface area contributed by atoms with Crippen LogP contribution in [0.15, 0.2) is 33.7 Å². The summed E-state index contributed by atoms with van der Waals surface area (Å²) >= 11 is 2.03. The van der Waals surface area contributed by atoms with Gasteiger partial charge < -0.3 is 14.9 Å². The topological polar surface area (TPSA) is 0 Å². The van der Waals surface area contributed by atoms with E-state index in [-0.39, 0.29) is 39.7 Å². The molecule has 0 aromatic heterocycles. The Balaban J connectivity index is -0.0000000904. The Morgan fingerprint density at radius 2 is 0.962 bits per heavy atom. The fourth-order valence-electron chi connectivity index (χ4n) is 2.13. The molecule has 0 amide bonds. The molecule has 6 heteroatoms. The van der Waals surface area contributed by atoms with Gasteiger partial charge in [0.25, 0.3) is 0 Å². The van der Waals surface area contributed by atoms with Gasteiger partial charge in [0.15, 0.2) is 0 Å². The molecule has 0 aromatic rings. The molecule has 0 spiro atoms. The van der Waals surface area contributed by atoms with Crippen LogP contribution >= 0.6 is 24.8 Å². The predicted octanol–water partition coefficient (Wildman–Crippen LogP) is 6.71. The van der Waals surface area contributed by atoms with Gasteiger partial charge in [0.05, 0.1) is 0 Å². The molecule has 0 unspecified atom stereocenters. The van der Waals surface area contributed by atoms with Crippen molar-refractivity contribution in [3.63, 3.8) is 0 Å². The van der Waals surface area contributed by atoms with Crippen LogP contribution in [0.4, 0.5) is 0 Å². The van der Waals surface area contributed by atoms with Crippen LogP contribution in [0.5, 0.6) is 0 Å². The van der Waals surface area contributed by atoms with E-state index in [9.17, 15) is 0 Å². The third kappa shape index (κ3) is 14.9. The molecule has 0 saturated carbocycles. The Morgan fingerprint density at radius 1 is 0.731 bits per heavy atom. The van der Waals surface area contributed by atoms with Crippen LogP contribution in [0.1, 0.15) is 26.7 Å². The third-order valence-corrected chi connectivity index (χ3v) is 7.39. The Labute approximate surface area is 193 Å². The van der Waals surface area contributed by atoms with Crippen LogP contribution in [0.3, 0.4) is 0 Å². The van der Waals surface area contributed by atoms with Gasteiger partial charge in [-0.15, -0.1) is 37.7 Å². The van der Waals surface area contributed by atoms with E-state index < -0.39 is 16.1 Å². The van der Waals surface area contributed by atoms with Crippen molar-refractivity contribution in [3.8, 4) is 0 Å². The van der Waals surface area contributed by atoms with Crippen molar-refractivity contribution in [1.29, 1.82) is 0 Å². The summed E-state index contributed by atoms with van der Waals surface area (Å²) < 4.78 is 0. The molecule has 0 nitrogen and oxygen atoms in total. The maximum atomic E-state index is 3.43. The van der Waals surface area contributed by atoms with Crippen molar-refractivity contribution in [2.75, 3.05) is 0 Å². The van der Waals surface area contributed by atoms with Gasteiger partial charge in [-0.25, -0.2) is 22.5 Å². The summed E-state index contributed by atoms with van der Waals surface area (Å²) in [5, 5.41) is 3.01. The van der Waals surface area contributed by atoms with Crippen LogP contribution in [-0.2, 0) is 19.2 Å². The van der Waals surface area contributed by atoms with E-state index in [0.717, 1.165) is 12.8 Å². The van der Waals surface area contributed by atoms with Crippen molar-refractivity contribution in [2.45, 2.75) is 66.0 Å². The van der Waals surface area contributed by atoms with Gasteiger partial charge in [-0.2, -0.15) is 11.1 Å². The van der Waals surface area contributed by atoms with Crippen molar-refractivity contribution < 1.29 is 19.2 Å². The second-order valence-electron chi connectivity index (χ2n) is 8.02. The molecule has 154 valence electrons. The van der Waals surface area contributed by atoms with Crippen molar-refractivity contribution in [2.24, 2.45) is 0 Å². The Bertz CT molecular complexity index is 462. The van der Waals surface area contributed by atoms with Crippen LogP contribution in [-0.4, -0.2) is 23.8 Å². The minimum absolute atomic E-state index is 0. The van der Waals surface area contributed by atoms with E-state index in [1.165, 1.54) is 21.5 Å². The number of hydrogen-bond donors (Lipinski definition) is 0. The summed E-state index contributed by atoms with van der Waals surface area (Å²) in [5.41, 5.74) is 2.94. The van der Waals surface area contributed by atoms with Crippen LogP contribution in [0.2, 0.25) is 39.3 Å². The normalized spacial score (nSPS) is 14.6. The fourth-order valence-corrected chi connectivity index (χ4v) is 4.73. The Morgan fingerprint density at radius 3 is 1.04 bits per heavy atom. The standard InChI is InChI=1S/2C9H15Si.2CH3.2ClH.H2Si.Ti/c2*1-8-5-6-9(7-8)10(2,3)4;;;;;;/h2*7H,5H2,1-4H3;2*1H3;2*1H;1H2;/q4*-1;;;;. The molecule has 0 heterocycles. The van der Waals surface area contributed by atoms with Gasteiger partial charge >= 0.3 is 26.8 Å². The zero-order valence-corrected chi connectivity index (χ0v) is 25.2. The summed E-state index contributed by atoms with van der Waals surface area (Å²) in [6.07, 6.45) is 13.6. The van der Waals surface area contributed by atoms with Gasteiger partial charge in [0.2, 0.25) is 0 Å².